The third-order valence-corrected chi connectivity index (χ3v) is 4.77. The number of halogens is 1. The van der Waals surface area contributed by atoms with E-state index in [-0.39, 0.29) is 6.04 Å². The van der Waals surface area contributed by atoms with E-state index in [1.165, 1.54) is 11.1 Å². The Kier molecular flexibility index (Phi) is 4.78. The summed E-state index contributed by atoms with van der Waals surface area (Å²) < 4.78 is 3.01. The number of nitrogens with two attached hydrogens (primary N) is 1. The van der Waals surface area contributed by atoms with E-state index in [4.69, 9.17) is 5.73 Å². The van der Waals surface area contributed by atoms with Crippen molar-refractivity contribution < 1.29 is 0 Å². The summed E-state index contributed by atoms with van der Waals surface area (Å²) in [7, 11) is 4.05. The molecular formula is C13H19BrN4S. The van der Waals surface area contributed by atoms with E-state index in [9.17, 15) is 0 Å². The number of aryl methyl sites for hydroxylation is 2. The molecule has 1 atom stereocenters. The van der Waals surface area contributed by atoms with Crippen molar-refractivity contribution in [1.29, 1.82) is 0 Å². The van der Waals surface area contributed by atoms with Crippen LogP contribution in [0.3, 0.4) is 0 Å². The monoisotopic (exact) mass is 342 g/mol. The molecule has 0 saturated carbocycles. The topological polar surface area (TPSA) is 47.1 Å². The molecule has 2 heterocycles. The molecule has 4 nitrogen and oxygen atoms in total. The van der Waals surface area contributed by atoms with Crippen LogP contribution in [0.2, 0.25) is 0 Å². The molecule has 0 aliphatic rings. The first-order valence-corrected chi connectivity index (χ1v) is 7.82. The molecule has 2 aromatic rings. The second-order valence-electron chi connectivity index (χ2n) is 4.77. The predicted molar refractivity (Wildman–Crippen MR) is 83.2 cm³/mol. The lowest BCUT2D eigenvalue weighted by atomic mass is 10.1. The predicted octanol–water partition coefficient (Wildman–Crippen LogP) is 2.68. The van der Waals surface area contributed by atoms with Crippen LogP contribution in [0.5, 0.6) is 0 Å². The highest BCUT2D eigenvalue weighted by Crippen LogP contribution is 2.26. The Hall–Kier alpha value is -0.690. The largest absolute Gasteiger partial charge is 0.329 e. The molecule has 0 aliphatic heterocycles. The average Bonchev–Trinajstić information content (AvgIpc) is 2.87. The van der Waals surface area contributed by atoms with Crippen LogP contribution in [-0.2, 0) is 13.6 Å². The summed E-state index contributed by atoms with van der Waals surface area (Å²) in [4.78, 5) is 2.28. The van der Waals surface area contributed by atoms with Gasteiger partial charge in [-0.15, -0.1) is 11.3 Å². The van der Waals surface area contributed by atoms with Crippen LogP contribution in [0.1, 0.15) is 22.9 Å². The van der Waals surface area contributed by atoms with E-state index in [1.807, 2.05) is 18.7 Å². The van der Waals surface area contributed by atoms with Crippen LogP contribution in [-0.4, -0.2) is 28.3 Å². The number of thiophene rings is 1. The second kappa shape index (κ2) is 6.17. The van der Waals surface area contributed by atoms with Crippen molar-refractivity contribution in [2.75, 3.05) is 13.6 Å². The van der Waals surface area contributed by atoms with Gasteiger partial charge in [-0.1, -0.05) is 0 Å². The fourth-order valence-electron chi connectivity index (χ4n) is 2.32. The van der Waals surface area contributed by atoms with Gasteiger partial charge in [-0.05, 0) is 46.9 Å². The molecule has 2 aromatic heterocycles. The standard InChI is InChI=1S/C13H19BrN4S/c1-9-11(7-18(3)16-9)12(5-15)17(2)6-10-4-13(14)19-8-10/h4,7-8,12H,5-6,15H2,1-3H3. The minimum atomic E-state index is 0.201. The van der Waals surface area contributed by atoms with Crippen LogP contribution in [0.25, 0.3) is 0 Å². The molecule has 2 N–H and O–H groups in total. The number of hydrogen-bond donors (Lipinski definition) is 1. The SMILES string of the molecule is Cc1nn(C)cc1C(CN)N(C)Cc1csc(Br)c1. The molecule has 104 valence electrons. The van der Waals surface area contributed by atoms with Crippen LogP contribution in [0, 0.1) is 6.92 Å². The highest BCUT2D eigenvalue weighted by atomic mass is 79.9. The van der Waals surface area contributed by atoms with Gasteiger partial charge in [-0.3, -0.25) is 9.58 Å². The third-order valence-electron chi connectivity index (χ3n) is 3.22. The van der Waals surface area contributed by atoms with Gasteiger partial charge in [0.15, 0.2) is 0 Å². The second-order valence-corrected chi connectivity index (χ2v) is 7.06. The number of hydrogen-bond acceptors (Lipinski definition) is 4. The van der Waals surface area contributed by atoms with E-state index in [1.54, 1.807) is 11.3 Å². The maximum absolute atomic E-state index is 5.96. The zero-order valence-electron chi connectivity index (χ0n) is 11.4. The molecule has 1 unspecified atom stereocenters. The highest BCUT2D eigenvalue weighted by molar-refractivity contribution is 9.11. The van der Waals surface area contributed by atoms with E-state index < -0.39 is 0 Å². The van der Waals surface area contributed by atoms with Crippen molar-refractivity contribution in [1.82, 2.24) is 14.7 Å². The van der Waals surface area contributed by atoms with Gasteiger partial charge in [-0.25, -0.2) is 0 Å². The smallest absolute Gasteiger partial charge is 0.0701 e. The van der Waals surface area contributed by atoms with Crippen molar-refractivity contribution in [2.24, 2.45) is 12.8 Å². The summed E-state index contributed by atoms with van der Waals surface area (Å²) in [6, 6.07) is 2.36. The Bertz CT molecular complexity index is 549. The van der Waals surface area contributed by atoms with Crippen molar-refractivity contribution in [2.45, 2.75) is 19.5 Å². The van der Waals surface area contributed by atoms with E-state index in [2.05, 4.69) is 50.6 Å². The van der Waals surface area contributed by atoms with Crippen molar-refractivity contribution >= 4 is 27.3 Å². The Balaban J connectivity index is 2.15. The summed E-state index contributed by atoms with van der Waals surface area (Å²) in [6.45, 7) is 3.51. The first-order chi connectivity index (χ1) is 9.01. The summed E-state index contributed by atoms with van der Waals surface area (Å²) in [5.41, 5.74) is 9.52. The highest BCUT2D eigenvalue weighted by Gasteiger charge is 2.20. The van der Waals surface area contributed by atoms with E-state index in [0.29, 0.717) is 6.54 Å². The van der Waals surface area contributed by atoms with Gasteiger partial charge in [0.05, 0.1) is 15.5 Å². The van der Waals surface area contributed by atoms with Crippen molar-refractivity contribution in [3.8, 4) is 0 Å². The lowest BCUT2D eigenvalue weighted by molar-refractivity contribution is 0.241. The zero-order valence-corrected chi connectivity index (χ0v) is 13.8. The Labute approximate surface area is 126 Å². The third kappa shape index (κ3) is 3.45. The minimum Gasteiger partial charge on any atom is -0.329 e. The molecule has 6 heteroatoms. The van der Waals surface area contributed by atoms with Crippen molar-refractivity contribution in [3.05, 3.63) is 38.3 Å². The normalized spacial score (nSPS) is 13.2. The first kappa shape index (κ1) is 14.7. The van der Waals surface area contributed by atoms with Crippen molar-refractivity contribution in [3.63, 3.8) is 0 Å². The van der Waals surface area contributed by atoms with Crippen LogP contribution in [0.4, 0.5) is 0 Å². The molecular weight excluding hydrogens is 324 g/mol. The molecule has 0 bridgehead atoms. The fraction of sp³-hybridized carbons (Fsp3) is 0.462. The molecule has 0 aromatic carbocycles. The summed E-state index contributed by atoms with van der Waals surface area (Å²) in [5, 5.41) is 6.57. The van der Waals surface area contributed by atoms with Gasteiger partial charge in [0.2, 0.25) is 0 Å². The molecule has 2 rings (SSSR count). The van der Waals surface area contributed by atoms with Gasteiger partial charge in [0, 0.05) is 31.9 Å². The Morgan fingerprint density at radius 2 is 2.32 bits per heavy atom. The van der Waals surface area contributed by atoms with Gasteiger partial charge >= 0.3 is 0 Å². The van der Waals surface area contributed by atoms with Gasteiger partial charge in [0.1, 0.15) is 0 Å². The summed E-state index contributed by atoms with van der Waals surface area (Å²) >= 11 is 5.21. The molecule has 0 aliphatic carbocycles. The fourth-order valence-corrected chi connectivity index (χ4v) is 3.52. The van der Waals surface area contributed by atoms with E-state index in [0.717, 1.165) is 16.0 Å². The van der Waals surface area contributed by atoms with Crippen LogP contribution < -0.4 is 5.73 Å². The maximum atomic E-state index is 5.96. The molecule has 19 heavy (non-hydrogen) atoms. The van der Waals surface area contributed by atoms with E-state index >= 15 is 0 Å². The maximum Gasteiger partial charge on any atom is 0.0701 e. The molecule has 0 saturated heterocycles. The van der Waals surface area contributed by atoms with Crippen LogP contribution >= 0.6 is 27.3 Å². The first-order valence-electron chi connectivity index (χ1n) is 6.14. The lowest BCUT2D eigenvalue weighted by Gasteiger charge is -2.26. The summed E-state index contributed by atoms with van der Waals surface area (Å²) in [5.74, 6) is 0. The molecule has 0 spiro atoms. The number of nitrogens with zero attached hydrogens (tertiary/aromatic N) is 3. The zero-order chi connectivity index (χ0) is 14.0. The number of aromatic nitrogens is 2. The minimum absolute atomic E-state index is 0.201. The Morgan fingerprint density at radius 3 is 2.79 bits per heavy atom. The quantitative estimate of drug-likeness (QED) is 0.908. The summed E-state index contributed by atoms with van der Waals surface area (Å²) in [6.07, 6.45) is 2.06. The number of rotatable bonds is 5. The van der Waals surface area contributed by atoms with Gasteiger partial charge in [-0.2, -0.15) is 5.10 Å². The molecule has 0 amide bonds. The molecule has 0 fully saturated rings. The Morgan fingerprint density at radius 1 is 1.58 bits per heavy atom. The lowest BCUT2D eigenvalue weighted by Crippen LogP contribution is -2.30. The van der Waals surface area contributed by atoms with Gasteiger partial charge < -0.3 is 5.73 Å². The average molecular weight is 343 g/mol. The number of likely N-dealkylation sites (N-methyl/N-ethyl adjacent to an activating group) is 1. The van der Waals surface area contributed by atoms with Gasteiger partial charge in [0.25, 0.3) is 0 Å². The van der Waals surface area contributed by atoms with Crippen LogP contribution in [0.15, 0.2) is 21.4 Å². The molecule has 0 radical (unpaired) electrons.